The minimum atomic E-state index is -0.501. The molecular weight excluding hydrogens is 570 g/mol. The molecule has 0 radical (unpaired) electrons. The topological polar surface area (TPSA) is 136 Å². The SMILES string of the molecule is N#Cc1cnn2cc(OCCN3CC4CC4(O)C3)cc(-c3ccc(N4C5CC4CN(C(=O)C4(c6cnccn6)CC4)C5)nc3)c12. The molecule has 6 fully saturated rings. The van der Waals surface area contributed by atoms with Gasteiger partial charge in [0.1, 0.15) is 24.2 Å². The molecule has 12 nitrogen and oxygen atoms in total. The number of likely N-dealkylation sites (tertiary alicyclic amines) is 1. The summed E-state index contributed by atoms with van der Waals surface area (Å²) in [4.78, 5) is 33.7. The minimum absolute atomic E-state index is 0.176. The Bertz CT molecular complexity index is 1840. The number of amides is 1. The molecule has 2 saturated carbocycles. The third kappa shape index (κ3) is 4.29. The number of β-amino-alcohol motifs (C(OH)–C–C–N with tert-alkyl or cyclic N) is 1. The number of pyridine rings is 2. The van der Waals surface area contributed by atoms with E-state index in [0.717, 1.165) is 61.4 Å². The van der Waals surface area contributed by atoms with Crippen LogP contribution in [0, 0.1) is 17.2 Å². The van der Waals surface area contributed by atoms with Gasteiger partial charge in [0.25, 0.3) is 0 Å². The Hall–Kier alpha value is -4.60. The Morgan fingerprint density at radius 2 is 1.98 bits per heavy atom. The van der Waals surface area contributed by atoms with Crippen molar-refractivity contribution < 1.29 is 14.6 Å². The molecule has 10 rings (SSSR count). The van der Waals surface area contributed by atoms with Gasteiger partial charge in [0.15, 0.2) is 0 Å². The number of hydrogen-bond acceptors (Lipinski definition) is 10. The molecule has 45 heavy (non-hydrogen) atoms. The zero-order valence-corrected chi connectivity index (χ0v) is 24.8. The van der Waals surface area contributed by atoms with E-state index >= 15 is 0 Å². The number of nitriles is 1. The number of nitrogens with zero attached hydrogens (tertiary/aromatic N) is 9. The van der Waals surface area contributed by atoms with Crippen LogP contribution in [0.25, 0.3) is 16.6 Å². The number of piperazine rings is 1. The van der Waals surface area contributed by atoms with Crippen molar-refractivity contribution in [3.8, 4) is 22.9 Å². The Kier molecular flexibility index (Phi) is 5.77. The molecule has 2 bridgehead atoms. The van der Waals surface area contributed by atoms with Gasteiger partial charge >= 0.3 is 0 Å². The summed E-state index contributed by atoms with van der Waals surface area (Å²) >= 11 is 0. The summed E-state index contributed by atoms with van der Waals surface area (Å²) in [5, 5.41) is 24.5. The lowest BCUT2D eigenvalue weighted by molar-refractivity contribution is -0.137. The molecule has 6 aliphatic rings. The highest BCUT2D eigenvalue weighted by Crippen LogP contribution is 2.50. The van der Waals surface area contributed by atoms with Crippen LogP contribution in [-0.4, -0.2) is 102 Å². The average molecular weight is 604 g/mol. The van der Waals surface area contributed by atoms with Crippen LogP contribution in [0.3, 0.4) is 0 Å². The van der Waals surface area contributed by atoms with Gasteiger partial charge in [-0.1, -0.05) is 0 Å². The van der Waals surface area contributed by atoms with E-state index in [-0.39, 0.29) is 18.0 Å². The number of aliphatic hydroxyl groups is 1. The summed E-state index contributed by atoms with van der Waals surface area (Å²) in [6.45, 7) is 4.23. The van der Waals surface area contributed by atoms with E-state index in [2.05, 4.69) is 30.9 Å². The van der Waals surface area contributed by atoms with Gasteiger partial charge in [0.2, 0.25) is 5.91 Å². The first kappa shape index (κ1) is 26.8. The Morgan fingerprint density at radius 1 is 1.11 bits per heavy atom. The van der Waals surface area contributed by atoms with Gasteiger partial charge < -0.3 is 19.6 Å². The first-order valence-electron chi connectivity index (χ1n) is 15.7. The van der Waals surface area contributed by atoms with E-state index < -0.39 is 11.0 Å². The molecule has 12 heteroatoms. The highest BCUT2D eigenvalue weighted by atomic mass is 16.5. The molecular formula is C33H33N9O3. The average Bonchev–Trinajstić information content (AvgIpc) is 3.91. The number of aromatic nitrogens is 5. The molecule has 4 saturated heterocycles. The smallest absolute Gasteiger partial charge is 0.235 e. The van der Waals surface area contributed by atoms with E-state index in [1.54, 1.807) is 35.5 Å². The number of ether oxygens (including phenoxy) is 1. The number of piperidine rings is 2. The molecule has 4 atom stereocenters. The van der Waals surface area contributed by atoms with Crippen LogP contribution in [0.4, 0.5) is 5.82 Å². The van der Waals surface area contributed by atoms with Gasteiger partial charge in [-0.2, -0.15) is 10.4 Å². The lowest BCUT2D eigenvalue weighted by Gasteiger charge is -2.57. The zero-order chi connectivity index (χ0) is 30.3. The second-order valence-electron chi connectivity index (χ2n) is 13.4. The summed E-state index contributed by atoms with van der Waals surface area (Å²) in [7, 11) is 0. The van der Waals surface area contributed by atoms with Crippen molar-refractivity contribution in [2.24, 2.45) is 5.92 Å². The maximum absolute atomic E-state index is 13.6. The lowest BCUT2D eigenvalue weighted by Crippen LogP contribution is -2.70. The van der Waals surface area contributed by atoms with Crippen molar-refractivity contribution in [2.45, 2.75) is 48.8 Å². The van der Waals surface area contributed by atoms with E-state index in [9.17, 15) is 15.2 Å². The zero-order valence-electron chi connectivity index (χ0n) is 24.8. The monoisotopic (exact) mass is 603 g/mol. The highest BCUT2D eigenvalue weighted by Gasteiger charge is 2.59. The van der Waals surface area contributed by atoms with Gasteiger partial charge in [-0.3, -0.25) is 19.7 Å². The van der Waals surface area contributed by atoms with Crippen molar-refractivity contribution >= 4 is 17.2 Å². The summed E-state index contributed by atoms with van der Waals surface area (Å²) in [5.74, 6) is 2.14. The van der Waals surface area contributed by atoms with Crippen molar-refractivity contribution in [1.29, 1.82) is 5.26 Å². The third-order valence-corrected chi connectivity index (χ3v) is 10.6. The minimum Gasteiger partial charge on any atom is -0.491 e. The summed E-state index contributed by atoms with van der Waals surface area (Å²) in [5.41, 5.74) is 2.71. The first-order chi connectivity index (χ1) is 21.9. The van der Waals surface area contributed by atoms with Crippen LogP contribution in [0.2, 0.25) is 0 Å². The molecule has 4 unspecified atom stereocenters. The normalized spacial score (nSPS) is 27.5. The third-order valence-electron chi connectivity index (χ3n) is 10.6. The lowest BCUT2D eigenvalue weighted by atomic mass is 9.86. The molecule has 228 valence electrons. The number of anilines is 1. The van der Waals surface area contributed by atoms with Crippen LogP contribution in [0.5, 0.6) is 5.75 Å². The van der Waals surface area contributed by atoms with Gasteiger partial charge in [0.05, 0.1) is 52.3 Å². The van der Waals surface area contributed by atoms with Crippen LogP contribution in [0.1, 0.15) is 36.9 Å². The van der Waals surface area contributed by atoms with E-state index in [1.165, 1.54) is 0 Å². The maximum atomic E-state index is 13.6. The predicted octanol–water partition coefficient (Wildman–Crippen LogP) is 2.02. The van der Waals surface area contributed by atoms with Crippen molar-refractivity contribution in [2.75, 3.05) is 44.2 Å². The Morgan fingerprint density at radius 3 is 2.67 bits per heavy atom. The number of carbonyl (C=O) groups is 1. The van der Waals surface area contributed by atoms with Crippen LogP contribution in [0.15, 0.2) is 55.4 Å². The quantitative estimate of drug-likeness (QED) is 0.319. The molecule has 4 aromatic heterocycles. The number of fused-ring (bicyclic) bond motifs is 4. The molecule has 4 aliphatic heterocycles. The summed E-state index contributed by atoms with van der Waals surface area (Å²) in [6.07, 6.45) is 13.9. The Balaban J connectivity index is 0.910. The summed E-state index contributed by atoms with van der Waals surface area (Å²) < 4.78 is 7.85. The number of carbonyl (C=O) groups excluding carboxylic acids is 1. The first-order valence-corrected chi connectivity index (χ1v) is 15.7. The maximum Gasteiger partial charge on any atom is 0.235 e. The van der Waals surface area contributed by atoms with Crippen LogP contribution < -0.4 is 9.64 Å². The van der Waals surface area contributed by atoms with E-state index in [1.807, 2.05) is 29.3 Å². The fraction of sp³-hybridized carbons (Fsp3) is 0.455. The van der Waals surface area contributed by atoms with Crippen molar-refractivity contribution in [3.05, 3.63) is 66.6 Å². The molecule has 0 aromatic carbocycles. The van der Waals surface area contributed by atoms with Gasteiger partial charge in [-0.15, -0.1) is 0 Å². The molecule has 1 amide bonds. The molecule has 4 aromatic rings. The van der Waals surface area contributed by atoms with Gasteiger partial charge in [-0.05, 0) is 43.9 Å². The summed E-state index contributed by atoms with van der Waals surface area (Å²) in [6, 6.07) is 8.75. The molecule has 8 heterocycles. The van der Waals surface area contributed by atoms with Gasteiger partial charge in [-0.25, -0.2) is 9.50 Å². The molecule has 0 spiro atoms. The van der Waals surface area contributed by atoms with Crippen molar-refractivity contribution in [1.82, 2.24) is 34.4 Å². The molecule has 2 aliphatic carbocycles. The largest absolute Gasteiger partial charge is 0.491 e. The second kappa shape index (κ2) is 9.70. The van der Waals surface area contributed by atoms with Crippen LogP contribution >= 0.6 is 0 Å². The standard InChI is InChI=1S/C33H33N9O3/c34-12-22-14-38-41-19-26(45-8-7-39-16-23-11-33(23,44)20-39)10-27(30(22)41)21-1-2-29(37-13-21)42-24-9-25(42)18-40(17-24)31(43)32(3-4-32)28-15-35-5-6-36-28/h1-2,5-6,10,13-15,19,23-25,44H,3-4,7-9,11,16-18,20H2. The van der Waals surface area contributed by atoms with E-state index in [4.69, 9.17) is 9.72 Å². The second-order valence-corrected chi connectivity index (χ2v) is 13.4. The number of hydrogen-bond donors (Lipinski definition) is 1. The molecule has 1 N–H and O–H groups in total. The van der Waals surface area contributed by atoms with Gasteiger partial charge in [0, 0.05) is 74.6 Å². The van der Waals surface area contributed by atoms with Crippen molar-refractivity contribution in [3.63, 3.8) is 0 Å². The van der Waals surface area contributed by atoms with Crippen LogP contribution in [-0.2, 0) is 10.2 Å². The Labute approximate surface area is 259 Å². The highest BCUT2D eigenvalue weighted by molar-refractivity contribution is 5.91. The number of rotatable bonds is 8. The predicted molar refractivity (Wildman–Crippen MR) is 162 cm³/mol. The fourth-order valence-corrected chi connectivity index (χ4v) is 7.90. The van der Waals surface area contributed by atoms with E-state index in [0.29, 0.717) is 49.0 Å². The fourth-order valence-electron chi connectivity index (χ4n) is 7.90.